The maximum Gasteiger partial charge on any atom is 0.143 e. The summed E-state index contributed by atoms with van der Waals surface area (Å²) in [7, 11) is 0. The molecule has 0 aliphatic rings. The van der Waals surface area contributed by atoms with Gasteiger partial charge in [0.15, 0.2) is 0 Å². The minimum Gasteiger partial charge on any atom is -0.308 e. The van der Waals surface area contributed by atoms with E-state index in [0.717, 1.165) is 21.2 Å². The van der Waals surface area contributed by atoms with Crippen molar-refractivity contribution in [2.24, 2.45) is 5.84 Å². The summed E-state index contributed by atoms with van der Waals surface area (Å²) in [5, 5.41) is 0.767. The fourth-order valence-corrected chi connectivity index (χ4v) is 2.63. The first-order chi connectivity index (χ1) is 8.31. The molecule has 0 unspecified atom stereocenters. The number of hydrazine groups is 1. The number of hydrogen-bond acceptors (Lipinski definition) is 4. The number of thioether (sulfide) groups is 1. The van der Waals surface area contributed by atoms with Crippen molar-refractivity contribution in [3.63, 3.8) is 0 Å². The summed E-state index contributed by atoms with van der Waals surface area (Å²) in [6.07, 6.45) is 1.71. The van der Waals surface area contributed by atoms with Gasteiger partial charge in [0.2, 0.25) is 0 Å². The van der Waals surface area contributed by atoms with Gasteiger partial charge in [0.25, 0.3) is 0 Å². The molecule has 2 aromatic rings. The number of nitrogen functional groups attached to an aromatic ring is 1. The number of pyridine rings is 1. The highest BCUT2D eigenvalue weighted by Crippen LogP contribution is 2.30. The van der Waals surface area contributed by atoms with Crippen LogP contribution >= 0.6 is 23.4 Å². The van der Waals surface area contributed by atoms with Crippen molar-refractivity contribution in [3.05, 3.63) is 53.2 Å². The van der Waals surface area contributed by atoms with Crippen molar-refractivity contribution < 1.29 is 0 Å². The van der Waals surface area contributed by atoms with Crippen LogP contribution in [-0.4, -0.2) is 4.98 Å². The summed E-state index contributed by atoms with van der Waals surface area (Å²) in [4.78, 5) is 5.21. The maximum atomic E-state index is 6.09. The number of nitrogens with two attached hydrogens (primary N) is 1. The van der Waals surface area contributed by atoms with Crippen LogP contribution in [0.25, 0.3) is 0 Å². The summed E-state index contributed by atoms with van der Waals surface area (Å²) < 4.78 is 0. The highest BCUT2D eigenvalue weighted by Gasteiger charge is 2.04. The molecule has 2 rings (SSSR count). The molecule has 0 radical (unpaired) electrons. The topological polar surface area (TPSA) is 50.9 Å². The highest BCUT2D eigenvalue weighted by molar-refractivity contribution is 7.98. The Labute approximate surface area is 109 Å². The van der Waals surface area contributed by atoms with Crippen molar-refractivity contribution in [1.82, 2.24) is 4.98 Å². The van der Waals surface area contributed by atoms with Crippen molar-refractivity contribution >= 4 is 29.2 Å². The number of aromatic nitrogens is 1. The average Bonchev–Trinajstić information content (AvgIpc) is 2.38. The molecule has 0 spiro atoms. The van der Waals surface area contributed by atoms with E-state index in [9.17, 15) is 0 Å². The SMILES string of the molecule is NNc1ncccc1CSc1ccccc1Cl. The number of halogens is 1. The van der Waals surface area contributed by atoms with Crippen LogP contribution in [0.3, 0.4) is 0 Å². The molecule has 17 heavy (non-hydrogen) atoms. The molecular weight excluding hydrogens is 254 g/mol. The third-order valence-corrected chi connectivity index (χ3v) is 3.81. The molecule has 0 amide bonds. The molecule has 88 valence electrons. The van der Waals surface area contributed by atoms with Crippen LogP contribution in [0, 0.1) is 0 Å². The predicted octanol–water partition coefficient (Wildman–Crippen LogP) is 3.31. The van der Waals surface area contributed by atoms with Gasteiger partial charge in [-0.15, -0.1) is 11.8 Å². The zero-order valence-corrected chi connectivity index (χ0v) is 10.6. The van der Waals surface area contributed by atoms with Gasteiger partial charge in [-0.1, -0.05) is 29.8 Å². The van der Waals surface area contributed by atoms with Crippen molar-refractivity contribution in [1.29, 1.82) is 0 Å². The molecule has 0 aliphatic carbocycles. The zero-order valence-electron chi connectivity index (χ0n) is 9.06. The predicted molar refractivity (Wildman–Crippen MR) is 73.1 cm³/mol. The molecule has 3 nitrogen and oxygen atoms in total. The molecule has 0 fully saturated rings. The average molecular weight is 266 g/mol. The van der Waals surface area contributed by atoms with Gasteiger partial charge >= 0.3 is 0 Å². The highest BCUT2D eigenvalue weighted by atomic mass is 35.5. The Morgan fingerprint density at radius 2 is 2.06 bits per heavy atom. The normalized spacial score (nSPS) is 10.2. The number of hydrogen-bond donors (Lipinski definition) is 2. The number of nitrogens with one attached hydrogen (secondary N) is 1. The molecule has 1 heterocycles. The standard InChI is InChI=1S/C12H12ClN3S/c13-10-5-1-2-6-11(10)17-8-9-4-3-7-15-12(9)16-14/h1-7H,8,14H2,(H,15,16). The lowest BCUT2D eigenvalue weighted by Gasteiger charge is -2.07. The lowest BCUT2D eigenvalue weighted by atomic mass is 10.3. The molecule has 0 aliphatic heterocycles. The molecule has 0 atom stereocenters. The number of nitrogens with zero attached hydrogens (tertiary/aromatic N) is 1. The van der Waals surface area contributed by atoms with E-state index in [1.165, 1.54) is 0 Å². The van der Waals surface area contributed by atoms with Crippen LogP contribution in [0.5, 0.6) is 0 Å². The molecule has 0 saturated carbocycles. The quantitative estimate of drug-likeness (QED) is 0.506. The van der Waals surface area contributed by atoms with Gasteiger partial charge in [0.05, 0.1) is 5.02 Å². The fourth-order valence-electron chi connectivity index (χ4n) is 1.40. The summed E-state index contributed by atoms with van der Waals surface area (Å²) in [6.45, 7) is 0. The van der Waals surface area contributed by atoms with Crippen LogP contribution in [0.15, 0.2) is 47.5 Å². The fraction of sp³-hybridized carbons (Fsp3) is 0.0833. The Kier molecular flexibility index (Phi) is 4.25. The van der Waals surface area contributed by atoms with Gasteiger partial charge in [0.1, 0.15) is 5.82 Å². The number of benzene rings is 1. The van der Waals surface area contributed by atoms with Gasteiger partial charge < -0.3 is 5.43 Å². The monoisotopic (exact) mass is 265 g/mol. The van der Waals surface area contributed by atoms with Gasteiger partial charge in [0, 0.05) is 22.4 Å². The first-order valence-electron chi connectivity index (χ1n) is 5.09. The third kappa shape index (κ3) is 3.12. The largest absolute Gasteiger partial charge is 0.308 e. The summed E-state index contributed by atoms with van der Waals surface area (Å²) in [5.41, 5.74) is 3.64. The van der Waals surface area contributed by atoms with E-state index in [0.29, 0.717) is 5.82 Å². The van der Waals surface area contributed by atoms with Crippen molar-refractivity contribution in [2.45, 2.75) is 10.6 Å². The number of anilines is 1. The van der Waals surface area contributed by atoms with E-state index in [2.05, 4.69) is 10.4 Å². The van der Waals surface area contributed by atoms with Crippen molar-refractivity contribution in [3.8, 4) is 0 Å². The van der Waals surface area contributed by atoms with Gasteiger partial charge in [-0.2, -0.15) is 0 Å². The Hall–Kier alpha value is -1.23. The minimum atomic E-state index is 0.701. The van der Waals surface area contributed by atoms with Crippen LogP contribution in [0.1, 0.15) is 5.56 Å². The lowest BCUT2D eigenvalue weighted by Crippen LogP contribution is -2.10. The smallest absolute Gasteiger partial charge is 0.143 e. The van der Waals surface area contributed by atoms with Crippen LogP contribution in [0.2, 0.25) is 5.02 Å². The van der Waals surface area contributed by atoms with Crippen LogP contribution in [-0.2, 0) is 5.75 Å². The Balaban J connectivity index is 2.10. The van der Waals surface area contributed by atoms with E-state index in [1.54, 1.807) is 18.0 Å². The summed E-state index contributed by atoms with van der Waals surface area (Å²) >= 11 is 7.75. The molecule has 1 aromatic heterocycles. The van der Waals surface area contributed by atoms with E-state index in [4.69, 9.17) is 17.4 Å². The van der Waals surface area contributed by atoms with Gasteiger partial charge in [-0.05, 0) is 18.2 Å². The lowest BCUT2D eigenvalue weighted by molar-refractivity contribution is 1.18. The Bertz CT molecular complexity index is 505. The molecule has 3 N–H and O–H groups in total. The maximum absolute atomic E-state index is 6.09. The zero-order chi connectivity index (χ0) is 12.1. The molecule has 1 aromatic carbocycles. The van der Waals surface area contributed by atoms with E-state index < -0.39 is 0 Å². The minimum absolute atomic E-state index is 0.701. The second kappa shape index (κ2) is 5.91. The molecule has 5 heteroatoms. The third-order valence-electron chi connectivity index (χ3n) is 2.25. The van der Waals surface area contributed by atoms with Crippen LogP contribution < -0.4 is 11.3 Å². The summed E-state index contributed by atoms with van der Waals surface area (Å²) in [6, 6.07) is 11.7. The first-order valence-corrected chi connectivity index (χ1v) is 6.45. The molecule has 0 saturated heterocycles. The second-order valence-electron chi connectivity index (χ2n) is 3.37. The van der Waals surface area contributed by atoms with E-state index in [-0.39, 0.29) is 0 Å². The van der Waals surface area contributed by atoms with E-state index in [1.807, 2.05) is 36.4 Å². The van der Waals surface area contributed by atoms with Crippen LogP contribution in [0.4, 0.5) is 5.82 Å². The number of rotatable bonds is 4. The summed E-state index contributed by atoms with van der Waals surface area (Å²) in [5.74, 6) is 6.88. The molecular formula is C12H12ClN3S. The molecule has 0 bridgehead atoms. The van der Waals surface area contributed by atoms with Gasteiger partial charge in [-0.3, -0.25) is 0 Å². The first kappa shape index (κ1) is 12.2. The van der Waals surface area contributed by atoms with Gasteiger partial charge in [-0.25, -0.2) is 10.8 Å². The van der Waals surface area contributed by atoms with Crippen molar-refractivity contribution in [2.75, 3.05) is 5.43 Å². The Morgan fingerprint density at radius 3 is 2.82 bits per heavy atom. The Morgan fingerprint density at radius 1 is 1.24 bits per heavy atom. The second-order valence-corrected chi connectivity index (χ2v) is 4.80. The van der Waals surface area contributed by atoms with E-state index >= 15 is 0 Å².